The van der Waals surface area contributed by atoms with Crippen LogP contribution in [0.5, 0.6) is 0 Å². The molecule has 0 aliphatic heterocycles. The van der Waals surface area contributed by atoms with E-state index in [1.807, 2.05) is 0 Å². The number of rotatable bonds is 10. The normalized spacial score (nSPS) is 15.1. The zero-order valence-electron chi connectivity index (χ0n) is 14.9. The summed E-state index contributed by atoms with van der Waals surface area (Å²) in [5, 5.41) is 14.4. The third-order valence-electron chi connectivity index (χ3n) is 3.61. The Morgan fingerprint density at radius 2 is 1.96 bits per heavy atom. The maximum atomic E-state index is 12.9. The average Bonchev–Trinajstić information content (AvgIpc) is 2.58. The number of ether oxygens (including phenoxy) is 1. The lowest BCUT2D eigenvalue weighted by Gasteiger charge is -2.31. The van der Waals surface area contributed by atoms with E-state index in [2.05, 4.69) is 25.8 Å². The Balaban J connectivity index is 3.54. The van der Waals surface area contributed by atoms with Crippen molar-refractivity contribution in [1.82, 2.24) is 5.09 Å². The first kappa shape index (κ1) is 22.7. The molecule has 0 aliphatic rings. The van der Waals surface area contributed by atoms with Gasteiger partial charge in [0.25, 0.3) is 0 Å². The van der Waals surface area contributed by atoms with Crippen molar-refractivity contribution in [3.63, 3.8) is 0 Å². The summed E-state index contributed by atoms with van der Waals surface area (Å²) in [6.07, 6.45) is 0. The van der Waals surface area contributed by atoms with Gasteiger partial charge in [-0.25, -0.2) is 14.4 Å². The maximum absolute atomic E-state index is 12.9. The Labute approximate surface area is 160 Å². The first-order chi connectivity index (χ1) is 12.1. The average molecular weight is 453 g/mol. The summed E-state index contributed by atoms with van der Waals surface area (Å²) in [4.78, 5) is 23.3. The molecule has 0 unspecified atom stereocenters. The van der Waals surface area contributed by atoms with Crippen molar-refractivity contribution in [2.24, 2.45) is 0 Å². The summed E-state index contributed by atoms with van der Waals surface area (Å²) in [5.41, 5.74) is -1.94. The topological polar surface area (TPSA) is 117 Å². The molecule has 0 fully saturated rings. The lowest BCUT2D eigenvalue weighted by Crippen LogP contribution is -2.53. The Bertz CT molecular complexity index is 692. The highest BCUT2D eigenvalue weighted by Crippen LogP contribution is 2.48. The molecule has 1 rings (SSSR count). The molecule has 0 spiro atoms. The van der Waals surface area contributed by atoms with Gasteiger partial charge in [-0.15, -0.1) is 0 Å². The minimum absolute atomic E-state index is 0.0445. The number of nitrogens with one attached hydrogen (secondary N) is 1. The van der Waals surface area contributed by atoms with Crippen molar-refractivity contribution in [3.8, 4) is 0 Å². The Hall–Kier alpha value is -1.32. The highest BCUT2D eigenvalue weighted by molar-refractivity contribution is 9.10. The van der Waals surface area contributed by atoms with Crippen LogP contribution in [0.1, 0.15) is 32.4 Å². The second-order valence-electron chi connectivity index (χ2n) is 5.35. The van der Waals surface area contributed by atoms with Gasteiger partial charge in [0.15, 0.2) is 0 Å². The monoisotopic (exact) mass is 452 g/mol. The van der Waals surface area contributed by atoms with E-state index in [-0.39, 0.29) is 13.2 Å². The Morgan fingerprint density at radius 3 is 2.38 bits per heavy atom. The lowest BCUT2D eigenvalue weighted by molar-refractivity contribution is -0.556. The molecule has 1 aromatic rings. The quantitative estimate of drug-likeness (QED) is 0.248. The van der Waals surface area contributed by atoms with Crippen molar-refractivity contribution in [2.75, 3.05) is 20.3 Å². The smallest absolute Gasteiger partial charge is 0.406 e. The molecular formula is C15H22BrN2O7P. The minimum Gasteiger partial charge on any atom is -0.464 e. The molecule has 11 heteroatoms. The van der Waals surface area contributed by atoms with E-state index in [9.17, 15) is 19.5 Å². The maximum Gasteiger partial charge on any atom is 0.406 e. The first-order valence-electron chi connectivity index (χ1n) is 7.79. The van der Waals surface area contributed by atoms with Gasteiger partial charge in [0.05, 0.1) is 20.3 Å². The summed E-state index contributed by atoms with van der Waals surface area (Å²) >= 11 is 3.28. The zero-order valence-corrected chi connectivity index (χ0v) is 17.4. The van der Waals surface area contributed by atoms with E-state index >= 15 is 0 Å². The number of carbonyl (C=O) groups excluding carboxylic acids is 1. The van der Waals surface area contributed by atoms with Crippen molar-refractivity contribution >= 4 is 29.6 Å². The highest BCUT2D eigenvalue weighted by atomic mass is 79.9. The molecule has 1 aromatic carbocycles. The van der Waals surface area contributed by atoms with E-state index in [0.29, 0.717) is 10.0 Å². The molecular weight excluding hydrogens is 431 g/mol. The molecule has 0 aliphatic carbocycles. The van der Waals surface area contributed by atoms with Gasteiger partial charge in [-0.05, 0) is 31.5 Å². The van der Waals surface area contributed by atoms with Crippen LogP contribution < -0.4 is 5.09 Å². The number of methoxy groups -OCH3 is 1. The number of benzene rings is 1. The molecule has 2 atom stereocenters. The van der Waals surface area contributed by atoms with Crippen molar-refractivity contribution in [2.45, 2.75) is 32.4 Å². The molecule has 9 nitrogen and oxygen atoms in total. The fourth-order valence-electron chi connectivity index (χ4n) is 2.33. The first-order valence-corrected chi connectivity index (χ1v) is 10.1. The van der Waals surface area contributed by atoms with Gasteiger partial charge in [0.2, 0.25) is 0 Å². The summed E-state index contributed by atoms with van der Waals surface area (Å²) < 4.78 is 28.5. The number of nitro groups is 1. The number of esters is 1. The van der Waals surface area contributed by atoms with E-state index < -0.39 is 30.2 Å². The number of hydrogen-bond donors (Lipinski definition) is 1. The number of carbonyl (C=O) groups is 1. The van der Waals surface area contributed by atoms with E-state index in [4.69, 9.17) is 9.05 Å². The summed E-state index contributed by atoms with van der Waals surface area (Å²) in [6.45, 7) is 4.40. The van der Waals surface area contributed by atoms with Gasteiger partial charge in [0, 0.05) is 16.3 Å². The zero-order chi connectivity index (χ0) is 20.0. The fraction of sp³-hybridized carbons (Fsp3) is 0.533. The predicted octanol–water partition coefficient (Wildman–Crippen LogP) is 3.47. The second-order valence-corrected chi connectivity index (χ2v) is 8.03. The van der Waals surface area contributed by atoms with Crippen molar-refractivity contribution in [1.29, 1.82) is 0 Å². The van der Waals surface area contributed by atoms with Gasteiger partial charge in [-0.2, -0.15) is 0 Å². The van der Waals surface area contributed by atoms with Crippen LogP contribution in [-0.4, -0.2) is 36.8 Å². The lowest BCUT2D eigenvalue weighted by atomic mass is 9.88. The minimum atomic E-state index is -3.92. The van der Waals surface area contributed by atoms with Crippen LogP contribution in [0, 0.1) is 10.1 Å². The summed E-state index contributed by atoms with van der Waals surface area (Å²) in [5.74, 6) is -1.10. The number of nitrogens with zero attached hydrogens (tertiary/aromatic N) is 1. The molecule has 0 bridgehead atoms. The Kier molecular flexibility index (Phi) is 8.36. The van der Waals surface area contributed by atoms with Gasteiger partial charge >= 0.3 is 19.3 Å². The predicted molar refractivity (Wildman–Crippen MR) is 98.3 cm³/mol. The Morgan fingerprint density at radius 1 is 1.38 bits per heavy atom. The van der Waals surface area contributed by atoms with Crippen molar-refractivity contribution in [3.05, 3.63) is 44.4 Å². The van der Waals surface area contributed by atoms with E-state index in [1.54, 1.807) is 38.1 Å². The number of halogens is 1. The molecule has 26 heavy (non-hydrogen) atoms. The van der Waals surface area contributed by atoms with E-state index in [1.165, 1.54) is 0 Å². The molecule has 0 heterocycles. The van der Waals surface area contributed by atoms with Crippen LogP contribution in [-0.2, 0) is 23.1 Å². The van der Waals surface area contributed by atoms with Crippen LogP contribution in [0.25, 0.3) is 0 Å². The van der Waals surface area contributed by atoms with Crippen molar-refractivity contribution < 1.29 is 28.1 Å². The SMILES string of the molecule is CCOP(=O)(N[C@@H](c1cccc(Br)c1)[C@@](C)(C(=O)OC)[N+](=O)[O-])OCC. The third kappa shape index (κ3) is 5.11. The largest absolute Gasteiger partial charge is 0.464 e. The van der Waals surface area contributed by atoms with Gasteiger partial charge in [-0.1, -0.05) is 28.1 Å². The van der Waals surface area contributed by atoms with Crippen LogP contribution in [0.4, 0.5) is 0 Å². The van der Waals surface area contributed by atoms with Gasteiger partial charge in [-0.3, -0.25) is 19.2 Å². The van der Waals surface area contributed by atoms with Crippen LogP contribution in [0.3, 0.4) is 0 Å². The fourth-order valence-corrected chi connectivity index (χ4v) is 4.36. The molecule has 0 saturated carbocycles. The highest BCUT2D eigenvalue weighted by Gasteiger charge is 2.57. The van der Waals surface area contributed by atoms with Crippen LogP contribution >= 0.6 is 23.7 Å². The third-order valence-corrected chi connectivity index (χ3v) is 5.87. The standard InChI is InChI=1S/C15H22BrN2O7P/c1-5-24-26(22,25-6-2)17-13(11-8-7-9-12(16)10-11)15(3,18(20)21)14(19)23-4/h7-10,13H,5-6H2,1-4H3,(H,17,22)/t13-,15-/m0/s1. The molecule has 0 aromatic heterocycles. The summed E-state index contributed by atoms with van der Waals surface area (Å²) in [7, 11) is -2.87. The molecule has 0 amide bonds. The van der Waals surface area contributed by atoms with Gasteiger partial charge in [0.1, 0.15) is 6.04 Å². The van der Waals surface area contributed by atoms with Crippen LogP contribution in [0.2, 0.25) is 0 Å². The molecule has 1 N–H and O–H groups in total. The number of hydrogen-bond acceptors (Lipinski definition) is 7. The van der Waals surface area contributed by atoms with E-state index in [0.717, 1.165) is 14.0 Å². The molecule has 146 valence electrons. The van der Waals surface area contributed by atoms with Gasteiger partial charge < -0.3 is 4.74 Å². The molecule has 0 saturated heterocycles. The molecule has 0 radical (unpaired) electrons. The summed E-state index contributed by atoms with van der Waals surface area (Å²) in [6, 6.07) is 5.15. The second kappa shape index (κ2) is 9.57. The van der Waals surface area contributed by atoms with Crippen LogP contribution in [0.15, 0.2) is 28.7 Å².